The normalized spacial score (nSPS) is 30.6. The molecule has 1 aromatic carbocycles. The summed E-state index contributed by atoms with van der Waals surface area (Å²) in [5.74, 6) is 0.325. The van der Waals surface area contributed by atoms with E-state index in [1.807, 2.05) is 6.92 Å². The predicted molar refractivity (Wildman–Crippen MR) is 78.1 cm³/mol. The Hall–Kier alpha value is -1.42. The van der Waals surface area contributed by atoms with Gasteiger partial charge in [-0.25, -0.2) is 4.39 Å². The summed E-state index contributed by atoms with van der Waals surface area (Å²) >= 11 is 0. The number of esters is 1. The summed E-state index contributed by atoms with van der Waals surface area (Å²) in [6.45, 7) is 2.96. The molecule has 1 aromatic rings. The van der Waals surface area contributed by atoms with E-state index in [1.54, 1.807) is 12.1 Å². The Labute approximate surface area is 124 Å². The van der Waals surface area contributed by atoms with E-state index in [0.717, 1.165) is 24.8 Å². The van der Waals surface area contributed by atoms with Crippen LogP contribution >= 0.6 is 0 Å². The van der Waals surface area contributed by atoms with Crippen molar-refractivity contribution in [2.45, 2.75) is 44.7 Å². The highest BCUT2D eigenvalue weighted by molar-refractivity contribution is 5.75. The van der Waals surface area contributed by atoms with E-state index >= 15 is 0 Å². The first-order valence-electron chi connectivity index (χ1n) is 7.79. The van der Waals surface area contributed by atoms with Crippen LogP contribution in [0.3, 0.4) is 0 Å². The molecule has 0 radical (unpaired) electrons. The average molecular weight is 291 g/mol. The van der Waals surface area contributed by atoms with Gasteiger partial charge in [-0.3, -0.25) is 4.79 Å². The predicted octanol–water partition coefficient (Wildman–Crippen LogP) is 3.04. The SMILES string of the molecule is CCOC(=O)C1CC2CCC1(NCc1ccc(F)cc1)C2. The molecule has 2 aliphatic carbocycles. The average Bonchev–Trinajstić information content (AvgIpc) is 3.05. The van der Waals surface area contributed by atoms with Crippen molar-refractivity contribution in [1.82, 2.24) is 5.32 Å². The van der Waals surface area contributed by atoms with Crippen LogP contribution in [-0.4, -0.2) is 18.1 Å². The zero-order valence-electron chi connectivity index (χ0n) is 12.4. The molecule has 0 saturated heterocycles. The zero-order valence-corrected chi connectivity index (χ0v) is 12.4. The van der Waals surface area contributed by atoms with Crippen LogP contribution in [0.4, 0.5) is 4.39 Å². The van der Waals surface area contributed by atoms with Crippen molar-refractivity contribution >= 4 is 5.97 Å². The monoisotopic (exact) mass is 291 g/mol. The molecule has 0 spiro atoms. The first-order valence-corrected chi connectivity index (χ1v) is 7.79. The fraction of sp³-hybridized carbons (Fsp3) is 0.588. The van der Waals surface area contributed by atoms with Crippen molar-refractivity contribution in [3.63, 3.8) is 0 Å². The van der Waals surface area contributed by atoms with Crippen LogP contribution in [0.15, 0.2) is 24.3 Å². The minimum atomic E-state index is -0.219. The van der Waals surface area contributed by atoms with Gasteiger partial charge in [-0.05, 0) is 56.2 Å². The van der Waals surface area contributed by atoms with E-state index in [-0.39, 0.29) is 23.2 Å². The van der Waals surface area contributed by atoms with Crippen LogP contribution in [0, 0.1) is 17.7 Å². The smallest absolute Gasteiger partial charge is 0.310 e. The first-order chi connectivity index (χ1) is 10.1. The summed E-state index contributed by atoms with van der Waals surface area (Å²) in [4.78, 5) is 12.2. The van der Waals surface area contributed by atoms with Crippen LogP contribution < -0.4 is 5.32 Å². The van der Waals surface area contributed by atoms with Gasteiger partial charge in [0.1, 0.15) is 5.82 Å². The molecule has 3 rings (SSSR count). The van der Waals surface area contributed by atoms with Crippen molar-refractivity contribution in [2.24, 2.45) is 11.8 Å². The Morgan fingerprint density at radius 1 is 1.43 bits per heavy atom. The third-order valence-corrected chi connectivity index (χ3v) is 5.02. The number of carbonyl (C=O) groups is 1. The molecular weight excluding hydrogens is 269 g/mol. The van der Waals surface area contributed by atoms with Gasteiger partial charge in [-0.2, -0.15) is 0 Å². The van der Waals surface area contributed by atoms with Crippen LogP contribution in [0.25, 0.3) is 0 Å². The minimum Gasteiger partial charge on any atom is -0.466 e. The van der Waals surface area contributed by atoms with Gasteiger partial charge in [-0.15, -0.1) is 0 Å². The van der Waals surface area contributed by atoms with Gasteiger partial charge in [0.2, 0.25) is 0 Å². The lowest BCUT2D eigenvalue weighted by atomic mass is 9.82. The number of ether oxygens (including phenoxy) is 1. The molecule has 2 saturated carbocycles. The van der Waals surface area contributed by atoms with E-state index in [4.69, 9.17) is 4.74 Å². The number of halogens is 1. The first kappa shape index (κ1) is 14.5. The van der Waals surface area contributed by atoms with Gasteiger partial charge in [0, 0.05) is 12.1 Å². The summed E-state index contributed by atoms with van der Waals surface area (Å²) in [5.41, 5.74) is 0.925. The summed E-state index contributed by atoms with van der Waals surface area (Å²) in [5, 5.41) is 3.59. The fourth-order valence-corrected chi connectivity index (χ4v) is 3.99. The Bertz CT molecular complexity index is 516. The molecule has 3 nitrogen and oxygen atoms in total. The molecule has 0 amide bonds. The maximum Gasteiger partial charge on any atom is 0.310 e. The molecule has 2 bridgehead atoms. The topological polar surface area (TPSA) is 38.3 Å². The number of fused-ring (bicyclic) bond motifs is 2. The highest BCUT2D eigenvalue weighted by atomic mass is 19.1. The van der Waals surface area contributed by atoms with Crippen LogP contribution in [0.5, 0.6) is 0 Å². The standard InChI is InChI=1S/C17H22FNO2/c1-2-21-16(20)15-9-13-7-8-17(15,10-13)19-11-12-3-5-14(18)6-4-12/h3-6,13,15,19H,2,7-11H2,1H3. The largest absolute Gasteiger partial charge is 0.466 e. The van der Waals surface area contributed by atoms with E-state index in [2.05, 4.69) is 5.32 Å². The Balaban J connectivity index is 1.69. The molecule has 21 heavy (non-hydrogen) atoms. The number of nitrogens with one attached hydrogen (secondary N) is 1. The minimum absolute atomic E-state index is 0.0309. The molecular formula is C17H22FNO2. The maximum absolute atomic E-state index is 12.9. The lowest BCUT2D eigenvalue weighted by molar-refractivity contribution is -0.151. The number of benzene rings is 1. The fourth-order valence-electron chi connectivity index (χ4n) is 3.99. The summed E-state index contributed by atoms with van der Waals surface area (Å²) in [7, 11) is 0. The lowest BCUT2D eigenvalue weighted by Gasteiger charge is -2.34. The summed E-state index contributed by atoms with van der Waals surface area (Å²) < 4.78 is 18.2. The molecule has 3 atom stereocenters. The van der Waals surface area contributed by atoms with Gasteiger partial charge in [0.15, 0.2) is 0 Å². The second-order valence-electron chi connectivity index (χ2n) is 6.29. The molecule has 0 aromatic heterocycles. The highest BCUT2D eigenvalue weighted by Gasteiger charge is 2.55. The number of hydrogen-bond donors (Lipinski definition) is 1. The lowest BCUT2D eigenvalue weighted by Crippen LogP contribution is -2.50. The van der Waals surface area contributed by atoms with E-state index in [1.165, 1.54) is 18.6 Å². The van der Waals surface area contributed by atoms with Crippen molar-refractivity contribution < 1.29 is 13.9 Å². The molecule has 2 fully saturated rings. The van der Waals surface area contributed by atoms with Crippen molar-refractivity contribution in [3.8, 4) is 0 Å². The van der Waals surface area contributed by atoms with Gasteiger partial charge < -0.3 is 10.1 Å². The van der Waals surface area contributed by atoms with Gasteiger partial charge in [-0.1, -0.05) is 12.1 Å². The molecule has 0 aliphatic heterocycles. The Kier molecular flexibility index (Phi) is 3.98. The summed E-state index contributed by atoms with van der Waals surface area (Å²) in [6, 6.07) is 6.53. The van der Waals surface area contributed by atoms with Crippen LogP contribution in [0.2, 0.25) is 0 Å². The summed E-state index contributed by atoms with van der Waals surface area (Å²) in [6.07, 6.45) is 4.21. The van der Waals surface area contributed by atoms with Gasteiger partial charge in [0.25, 0.3) is 0 Å². The molecule has 0 heterocycles. The number of rotatable bonds is 5. The number of carbonyl (C=O) groups excluding carboxylic acids is 1. The highest BCUT2D eigenvalue weighted by Crippen LogP contribution is 2.52. The van der Waals surface area contributed by atoms with E-state index < -0.39 is 0 Å². The quantitative estimate of drug-likeness (QED) is 0.847. The maximum atomic E-state index is 12.9. The Morgan fingerprint density at radius 3 is 2.86 bits per heavy atom. The molecule has 4 heteroatoms. The third-order valence-electron chi connectivity index (χ3n) is 5.02. The van der Waals surface area contributed by atoms with E-state index in [9.17, 15) is 9.18 Å². The van der Waals surface area contributed by atoms with Crippen LogP contribution in [-0.2, 0) is 16.1 Å². The van der Waals surface area contributed by atoms with E-state index in [0.29, 0.717) is 19.1 Å². The van der Waals surface area contributed by atoms with Gasteiger partial charge in [0.05, 0.1) is 12.5 Å². The van der Waals surface area contributed by atoms with Gasteiger partial charge >= 0.3 is 5.97 Å². The number of hydrogen-bond acceptors (Lipinski definition) is 3. The zero-order chi connectivity index (χ0) is 14.9. The molecule has 1 N–H and O–H groups in total. The van der Waals surface area contributed by atoms with Crippen molar-refractivity contribution in [1.29, 1.82) is 0 Å². The van der Waals surface area contributed by atoms with Crippen LogP contribution in [0.1, 0.15) is 38.2 Å². The molecule has 2 aliphatic rings. The third kappa shape index (κ3) is 2.82. The Morgan fingerprint density at radius 2 is 2.19 bits per heavy atom. The van der Waals surface area contributed by atoms with Crippen molar-refractivity contribution in [2.75, 3.05) is 6.61 Å². The molecule has 114 valence electrons. The molecule has 3 unspecified atom stereocenters. The van der Waals surface area contributed by atoms with Crippen molar-refractivity contribution in [3.05, 3.63) is 35.6 Å². The second kappa shape index (κ2) is 5.76. The second-order valence-corrected chi connectivity index (χ2v) is 6.29.